The van der Waals surface area contributed by atoms with Gasteiger partial charge in [-0.25, -0.2) is 4.79 Å². The van der Waals surface area contributed by atoms with Gasteiger partial charge < -0.3 is 9.47 Å². The van der Waals surface area contributed by atoms with Crippen LogP contribution in [0.2, 0.25) is 0 Å². The predicted molar refractivity (Wildman–Crippen MR) is 157 cm³/mol. The Morgan fingerprint density at radius 3 is 2.08 bits per heavy atom. The van der Waals surface area contributed by atoms with Crippen LogP contribution in [0.4, 0.5) is 0 Å². The predicted octanol–water partition coefficient (Wildman–Crippen LogP) is 7.89. The van der Waals surface area contributed by atoms with Gasteiger partial charge in [0.1, 0.15) is 0 Å². The van der Waals surface area contributed by atoms with Crippen LogP contribution in [0.5, 0.6) is 0 Å². The molecule has 1 aliphatic rings. The molecule has 0 aromatic heterocycles. The summed E-state index contributed by atoms with van der Waals surface area (Å²) in [5.41, 5.74) is 7.86. The van der Waals surface area contributed by atoms with Crippen LogP contribution in [0.25, 0.3) is 27.5 Å². The van der Waals surface area contributed by atoms with E-state index in [1.54, 1.807) is 6.92 Å². The third-order valence-electron chi connectivity index (χ3n) is 7.70. The first-order valence-corrected chi connectivity index (χ1v) is 13.5. The van der Waals surface area contributed by atoms with Gasteiger partial charge in [-0.15, -0.1) is 0 Å². The van der Waals surface area contributed by atoms with Crippen molar-refractivity contribution in [1.82, 2.24) is 0 Å². The maximum absolute atomic E-state index is 13.1. The smallest absolute Gasteiger partial charge is 0.338 e. The molecule has 0 N–H and O–H groups in total. The van der Waals surface area contributed by atoms with Crippen molar-refractivity contribution in [3.05, 3.63) is 113 Å². The highest BCUT2D eigenvalue weighted by Crippen LogP contribution is 2.46. The molecule has 1 unspecified atom stereocenters. The van der Waals surface area contributed by atoms with E-state index in [1.807, 2.05) is 31.2 Å². The number of fused-ring (bicyclic) bond motifs is 2. The molecular formula is C35H34O4. The van der Waals surface area contributed by atoms with Crippen molar-refractivity contribution >= 4 is 28.3 Å². The number of ether oxygens (including phenoxy) is 2. The van der Waals surface area contributed by atoms with E-state index in [1.165, 1.54) is 5.56 Å². The zero-order valence-corrected chi connectivity index (χ0v) is 23.2. The third kappa shape index (κ3) is 4.99. The lowest BCUT2D eigenvalue weighted by atomic mass is 9.65. The van der Waals surface area contributed by atoms with E-state index >= 15 is 0 Å². The molecule has 0 fully saturated rings. The standard InChI is InChI=1S/C35H34O4/c1-6-38-33(36)28-15-14-24-18-25(12-13-26(24)19-28)27-16-17-31-30(20-27)29(23-10-8-22(3)9-11-23)21-32(35(31,4)5)34(37)39-7-2/h8-21,32H,6-7H2,1-5H3. The molecule has 198 valence electrons. The Labute approximate surface area is 230 Å². The van der Waals surface area contributed by atoms with Gasteiger partial charge >= 0.3 is 11.9 Å². The Morgan fingerprint density at radius 2 is 1.36 bits per heavy atom. The number of hydrogen-bond donors (Lipinski definition) is 0. The number of aryl methyl sites for hydroxylation is 1. The minimum atomic E-state index is -0.429. The van der Waals surface area contributed by atoms with Gasteiger partial charge in [0, 0.05) is 5.41 Å². The number of hydrogen-bond acceptors (Lipinski definition) is 4. The monoisotopic (exact) mass is 518 g/mol. The van der Waals surface area contributed by atoms with Crippen LogP contribution in [0.1, 0.15) is 60.3 Å². The summed E-state index contributed by atoms with van der Waals surface area (Å²) in [7, 11) is 0. The van der Waals surface area contributed by atoms with Gasteiger partial charge in [0.05, 0.1) is 24.7 Å². The molecule has 1 aliphatic carbocycles. The van der Waals surface area contributed by atoms with Crippen molar-refractivity contribution in [1.29, 1.82) is 0 Å². The molecule has 0 radical (unpaired) electrons. The van der Waals surface area contributed by atoms with E-state index in [9.17, 15) is 9.59 Å². The molecule has 4 aromatic carbocycles. The molecule has 39 heavy (non-hydrogen) atoms. The Balaban J connectivity index is 1.61. The molecule has 5 rings (SSSR count). The Hall–Kier alpha value is -4.18. The van der Waals surface area contributed by atoms with E-state index in [2.05, 4.69) is 81.4 Å². The molecule has 1 atom stereocenters. The van der Waals surface area contributed by atoms with E-state index < -0.39 is 5.41 Å². The van der Waals surface area contributed by atoms with Gasteiger partial charge in [-0.1, -0.05) is 80.1 Å². The fourth-order valence-electron chi connectivity index (χ4n) is 5.49. The molecule has 4 heteroatoms. The second kappa shape index (κ2) is 10.5. The highest BCUT2D eigenvalue weighted by atomic mass is 16.5. The van der Waals surface area contributed by atoms with Crippen molar-refractivity contribution in [2.75, 3.05) is 13.2 Å². The van der Waals surface area contributed by atoms with Gasteiger partial charge in [-0.05, 0) is 89.2 Å². The average Bonchev–Trinajstić information content (AvgIpc) is 2.93. The molecule has 0 bridgehead atoms. The summed E-state index contributed by atoms with van der Waals surface area (Å²) >= 11 is 0. The summed E-state index contributed by atoms with van der Waals surface area (Å²) in [4.78, 5) is 25.3. The fourth-order valence-corrected chi connectivity index (χ4v) is 5.49. The lowest BCUT2D eigenvalue weighted by Gasteiger charge is -2.38. The summed E-state index contributed by atoms with van der Waals surface area (Å²) in [5, 5.41) is 2.04. The van der Waals surface area contributed by atoms with E-state index in [4.69, 9.17) is 9.47 Å². The molecule has 0 aliphatic heterocycles. The summed E-state index contributed by atoms with van der Waals surface area (Å²) in [6.45, 7) is 10.7. The first kappa shape index (κ1) is 26.4. The van der Waals surface area contributed by atoms with E-state index in [0.29, 0.717) is 18.8 Å². The molecule has 4 nitrogen and oxygen atoms in total. The van der Waals surface area contributed by atoms with Crippen LogP contribution in [-0.2, 0) is 19.7 Å². The maximum Gasteiger partial charge on any atom is 0.338 e. The lowest BCUT2D eigenvalue weighted by Crippen LogP contribution is -2.38. The first-order valence-electron chi connectivity index (χ1n) is 13.5. The van der Waals surface area contributed by atoms with E-state index in [-0.39, 0.29) is 17.9 Å². The van der Waals surface area contributed by atoms with Crippen LogP contribution < -0.4 is 0 Å². The minimum absolute atomic E-state index is 0.196. The van der Waals surface area contributed by atoms with Crippen LogP contribution in [-0.4, -0.2) is 25.2 Å². The van der Waals surface area contributed by atoms with Crippen molar-refractivity contribution in [3.8, 4) is 11.1 Å². The Kier molecular flexibility index (Phi) is 7.14. The number of rotatable bonds is 6. The van der Waals surface area contributed by atoms with Crippen molar-refractivity contribution < 1.29 is 19.1 Å². The highest BCUT2D eigenvalue weighted by molar-refractivity contribution is 5.97. The zero-order chi connectivity index (χ0) is 27.7. The normalized spacial score (nSPS) is 15.8. The summed E-state index contributed by atoms with van der Waals surface area (Å²) in [6, 6.07) is 26.9. The Bertz CT molecular complexity index is 1590. The quantitative estimate of drug-likeness (QED) is 0.244. The topological polar surface area (TPSA) is 52.6 Å². The second-order valence-corrected chi connectivity index (χ2v) is 10.7. The SMILES string of the molecule is CCOC(=O)c1ccc2cc(-c3ccc4c(c3)C(c3ccc(C)cc3)=CC(C(=O)OCC)C4(C)C)ccc2c1. The van der Waals surface area contributed by atoms with Gasteiger partial charge in [0.2, 0.25) is 0 Å². The molecule has 4 aromatic rings. The van der Waals surface area contributed by atoms with Crippen LogP contribution in [0, 0.1) is 12.8 Å². The van der Waals surface area contributed by atoms with Crippen molar-refractivity contribution in [3.63, 3.8) is 0 Å². The van der Waals surface area contributed by atoms with Crippen LogP contribution in [0.3, 0.4) is 0 Å². The molecular weight excluding hydrogens is 484 g/mol. The Morgan fingerprint density at radius 1 is 0.744 bits per heavy atom. The molecule has 0 amide bonds. The molecule has 0 saturated heterocycles. The van der Waals surface area contributed by atoms with Crippen LogP contribution >= 0.6 is 0 Å². The number of carbonyl (C=O) groups excluding carboxylic acids is 2. The van der Waals surface area contributed by atoms with E-state index in [0.717, 1.165) is 44.2 Å². The van der Waals surface area contributed by atoms with Crippen LogP contribution in [0.15, 0.2) is 84.9 Å². The molecule has 0 saturated carbocycles. The van der Waals surface area contributed by atoms with Gasteiger partial charge in [0.15, 0.2) is 0 Å². The first-order chi connectivity index (χ1) is 18.7. The maximum atomic E-state index is 13.1. The summed E-state index contributed by atoms with van der Waals surface area (Å²) < 4.78 is 10.6. The van der Waals surface area contributed by atoms with Gasteiger partial charge in [-0.2, -0.15) is 0 Å². The number of carbonyl (C=O) groups is 2. The number of benzene rings is 4. The van der Waals surface area contributed by atoms with Crippen molar-refractivity contribution in [2.45, 2.75) is 40.0 Å². The third-order valence-corrected chi connectivity index (χ3v) is 7.70. The van der Waals surface area contributed by atoms with Gasteiger partial charge in [0.25, 0.3) is 0 Å². The largest absolute Gasteiger partial charge is 0.466 e. The number of esters is 2. The fraction of sp³-hybridized carbons (Fsp3) is 0.257. The lowest BCUT2D eigenvalue weighted by molar-refractivity contribution is -0.148. The molecule has 0 spiro atoms. The van der Waals surface area contributed by atoms with Crippen molar-refractivity contribution in [2.24, 2.45) is 5.92 Å². The second-order valence-electron chi connectivity index (χ2n) is 10.7. The average molecular weight is 519 g/mol. The molecule has 0 heterocycles. The highest BCUT2D eigenvalue weighted by Gasteiger charge is 2.41. The summed E-state index contributed by atoms with van der Waals surface area (Å²) in [6.07, 6.45) is 2.09. The minimum Gasteiger partial charge on any atom is -0.466 e. The zero-order valence-electron chi connectivity index (χ0n) is 23.2. The van der Waals surface area contributed by atoms with Gasteiger partial charge in [-0.3, -0.25) is 4.79 Å². The summed E-state index contributed by atoms with van der Waals surface area (Å²) in [5.74, 6) is -0.891.